The topological polar surface area (TPSA) is 86.7 Å². The van der Waals surface area contributed by atoms with Crippen LogP contribution in [0, 0.1) is 5.41 Å². The smallest absolute Gasteiger partial charge is 0.326 e. The Bertz CT molecular complexity index is 320. The lowest BCUT2D eigenvalue weighted by Crippen LogP contribution is -2.51. The molecule has 0 heterocycles. The molecule has 0 saturated carbocycles. The predicted molar refractivity (Wildman–Crippen MR) is 62.3 cm³/mol. The van der Waals surface area contributed by atoms with E-state index in [0.29, 0.717) is 0 Å². The van der Waals surface area contributed by atoms with E-state index in [1.54, 1.807) is 20.8 Å². The van der Waals surface area contributed by atoms with E-state index in [2.05, 4.69) is 5.32 Å². The second-order valence-corrected chi connectivity index (χ2v) is 5.08. The van der Waals surface area contributed by atoms with Gasteiger partial charge in [0.05, 0.1) is 6.54 Å². The van der Waals surface area contributed by atoms with Gasteiger partial charge in [0.1, 0.15) is 6.04 Å². The molecule has 0 aromatic heterocycles. The highest BCUT2D eigenvalue weighted by atomic mass is 16.4. The molecule has 0 aliphatic carbocycles. The van der Waals surface area contributed by atoms with E-state index < -0.39 is 23.3 Å². The van der Waals surface area contributed by atoms with Crippen molar-refractivity contribution in [1.82, 2.24) is 10.2 Å². The molecule has 17 heavy (non-hydrogen) atoms. The van der Waals surface area contributed by atoms with Crippen molar-refractivity contribution in [1.29, 1.82) is 0 Å². The summed E-state index contributed by atoms with van der Waals surface area (Å²) in [6.45, 7) is 6.36. The Morgan fingerprint density at radius 2 is 1.76 bits per heavy atom. The van der Waals surface area contributed by atoms with Crippen molar-refractivity contribution in [2.45, 2.75) is 33.7 Å². The minimum Gasteiger partial charge on any atom is -0.480 e. The van der Waals surface area contributed by atoms with Gasteiger partial charge in [0, 0.05) is 14.0 Å². The zero-order valence-electron chi connectivity index (χ0n) is 10.9. The number of rotatable bonds is 4. The fourth-order valence-electron chi connectivity index (χ4n) is 1.18. The van der Waals surface area contributed by atoms with Crippen LogP contribution in [0.25, 0.3) is 0 Å². The van der Waals surface area contributed by atoms with Gasteiger partial charge < -0.3 is 15.3 Å². The molecule has 6 nitrogen and oxygen atoms in total. The van der Waals surface area contributed by atoms with Gasteiger partial charge in [-0.25, -0.2) is 4.79 Å². The number of likely N-dealkylation sites (N-methyl/N-ethyl adjacent to an activating group) is 1. The molecule has 0 rings (SSSR count). The highest BCUT2D eigenvalue weighted by molar-refractivity contribution is 5.87. The molecule has 98 valence electrons. The highest BCUT2D eigenvalue weighted by Crippen LogP contribution is 2.19. The zero-order chi connectivity index (χ0) is 13.8. The van der Waals surface area contributed by atoms with Crippen LogP contribution in [0.3, 0.4) is 0 Å². The Hall–Kier alpha value is -1.59. The van der Waals surface area contributed by atoms with Crippen LogP contribution in [-0.2, 0) is 14.4 Å². The predicted octanol–water partition coefficient (Wildman–Crippen LogP) is 0.0802. The molecule has 0 aliphatic rings. The van der Waals surface area contributed by atoms with Crippen LogP contribution >= 0.6 is 0 Å². The first-order valence-electron chi connectivity index (χ1n) is 5.29. The van der Waals surface area contributed by atoms with E-state index in [1.807, 2.05) is 0 Å². The van der Waals surface area contributed by atoms with Gasteiger partial charge in [-0.15, -0.1) is 0 Å². The van der Waals surface area contributed by atoms with Crippen LogP contribution in [0.5, 0.6) is 0 Å². The number of amides is 2. The average molecular weight is 244 g/mol. The fraction of sp³-hybridized carbons (Fsp3) is 0.727. The molecule has 0 aromatic carbocycles. The monoisotopic (exact) mass is 244 g/mol. The molecule has 0 bridgehead atoms. The van der Waals surface area contributed by atoms with Crippen LogP contribution < -0.4 is 5.32 Å². The summed E-state index contributed by atoms with van der Waals surface area (Å²) in [4.78, 5) is 34.7. The first-order valence-corrected chi connectivity index (χ1v) is 5.29. The number of carboxylic acid groups (broad SMARTS) is 1. The molecule has 0 spiro atoms. The van der Waals surface area contributed by atoms with Crippen molar-refractivity contribution in [3.05, 3.63) is 0 Å². The normalized spacial score (nSPS) is 12.8. The van der Waals surface area contributed by atoms with Crippen molar-refractivity contribution in [2.75, 3.05) is 13.6 Å². The number of carbonyl (C=O) groups excluding carboxylic acids is 2. The minimum absolute atomic E-state index is 0.144. The third kappa shape index (κ3) is 5.33. The first kappa shape index (κ1) is 15.4. The molecule has 0 radical (unpaired) electrons. The standard InChI is InChI=1S/C11H20N2O4/c1-7(14)13(5)6-8(15)12-9(10(16)17)11(2,3)4/h9H,6H2,1-5H3,(H,12,15)(H,16,17). The van der Waals surface area contributed by atoms with Gasteiger partial charge in [-0.1, -0.05) is 20.8 Å². The maximum Gasteiger partial charge on any atom is 0.326 e. The van der Waals surface area contributed by atoms with Crippen molar-refractivity contribution in [3.63, 3.8) is 0 Å². The lowest BCUT2D eigenvalue weighted by atomic mass is 9.87. The number of nitrogens with one attached hydrogen (secondary N) is 1. The van der Waals surface area contributed by atoms with E-state index in [-0.39, 0.29) is 12.5 Å². The highest BCUT2D eigenvalue weighted by Gasteiger charge is 2.32. The minimum atomic E-state index is -1.09. The summed E-state index contributed by atoms with van der Waals surface area (Å²) in [5.41, 5.74) is -0.587. The number of hydrogen-bond acceptors (Lipinski definition) is 3. The van der Waals surface area contributed by atoms with Crippen LogP contribution in [-0.4, -0.2) is 47.4 Å². The Kier molecular flexibility index (Phi) is 5.12. The Labute approximate surface area is 101 Å². The summed E-state index contributed by atoms with van der Waals surface area (Å²) < 4.78 is 0. The summed E-state index contributed by atoms with van der Waals surface area (Å²) in [6, 6.07) is -0.977. The van der Waals surface area contributed by atoms with Gasteiger partial charge in [-0.2, -0.15) is 0 Å². The number of carbonyl (C=O) groups is 3. The maximum atomic E-state index is 11.6. The maximum absolute atomic E-state index is 11.6. The lowest BCUT2D eigenvalue weighted by Gasteiger charge is -2.28. The second-order valence-electron chi connectivity index (χ2n) is 5.08. The van der Waals surface area contributed by atoms with Gasteiger partial charge in [0.2, 0.25) is 11.8 Å². The summed E-state index contributed by atoms with van der Waals surface area (Å²) >= 11 is 0. The Balaban J connectivity index is 4.54. The summed E-state index contributed by atoms with van der Waals surface area (Å²) in [7, 11) is 1.48. The van der Waals surface area contributed by atoms with E-state index in [0.717, 1.165) is 0 Å². The Morgan fingerprint density at radius 3 is 2.06 bits per heavy atom. The molecule has 0 saturated heterocycles. The average Bonchev–Trinajstić information content (AvgIpc) is 2.11. The molecular weight excluding hydrogens is 224 g/mol. The Morgan fingerprint density at radius 1 is 1.29 bits per heavy atom. The number of hydrogen-bond donors (Lipinski definition) is 2. The molecule has 1 unspecified atom stereocenters. The fourth-order valence-corrected chi connectivity index (χ4v) is 1.18. The van der Waals surface area contributed by atoms with Crippen molar-refractivity contribution in [3.8, 4) is 0 Å². The first-order chi connectivity index (χ1) is 7.55. The van der Waals surface area contributed by atoms with Crippen LogP contribution in [0.15, 0.2) is 0 Å². The SMILES string of the molecule is CC(=O)N(C)CC(=O)NC(C(=O)O)C(C)(C)C. The van der Waals surface area contributed by atoms with Crippen LogP contribution in [0.2, 0.25) is 0 Å². The third-order valence-electron chi connectivity index (χ3n) is 2.34. The van der Waals surface area contributed by atoms with Gasteiger partial charge in [-0.3, -0.25) is 9.59 Å². The quantitative estimate of drug-likeness (QED) is 0.733. The van der Waals surface area contributed by atoms with Gasteiger partial charge in [0.25, 0.3) is 0 Å². The van der Waals surface area contributed by atoms with E-state index in [9.17, 15) is 14.4 Å². The van der Waals surface area contributed by atoms with Crippen molar-refractivity contribution in [2.24, 2.45) is 5.41 Å². The molecule has 2 N–H and O–H groups in total. The largest absolute Gasteiger partial charge is 0.480 e. The molecule has 2 amide bonds. The van der Waals surface area contributed by atoms with Crippen LogP contribution in [0.1, 0.15) is 27.7 Å². The van der Waals surface area contributed by atoms with Gasteiger partial charge in [0.15, 0.2) is 0 Å². The molecule has 0 aliphatic heterocycles. The van der Waals surface area contributed by atoms with Crippen molar-refractivity contribution < 1.29 is 19.5 Å². The second kappa shape index (κ2) is 5.65. The molecule has 0 aromatic rings. The molecule has 0 fully saturated rings. The van der Waals surface area contributed by atoms with E-state index in [1.165, 1.54) is 18.9 Å². The third-order valence-corrected chi connectivity index (χ3v) is 2.34. The van der Waals surface area contributed by atoms with Crippen molar-refractivity contribution >= 4 is 17.8 Å². The number of carboxylic acids is 1. The van der Waals surface area contributed by atoms with Gasteiger partial charge >= 0.3 is 5.97 Å². The summed E-state index contributed by atoms with van der Waals surface area (Å²) in [5, 5.41) is 11.4. The number of nitrogens with zero attached hydrogens (tertiary/aromatic N) is 1. The van der Waals surface area contributed by atoms with E-state index >= 15 is 0 Å². The van der Waals surface area contributed by atoms with Gasteiger partial charge in [-0.05, 0) is 5.41 Å². The summed E-state index contributed by atoms with van der Waals surface area (Å²) in [6.07, 6.45) is 0. The molecular formula is C11H20N2O4. The zero-order valence-corrected chi connectivity index (χ0v) is 10.9. The number of aliphatic carboxylic acids is 1. The van der Waals surface area contributed by atoms with E-state index in [4.69, 9.17) is 5.11 Å². The lowest BCUT2D eigenvalue weighted by molar-refractivity contribution is -0.145. The molecule has 6 heteroatoms. The van der Waals surface area contributed by atoms with Crippen LogP contribution in [0.4, 0.5) is 0 Å². The summed E-state index contributed by atoms with van der Waals surface area (Å²) in [5.74, 6) is -1.82. The molecule has 1 atom stereocenters.